The van der Waals surface area contributed by atoms with Gasteiger partial charge < -0.3 is 19.9 Å². The summed E-state index contributed by atoms with van der Waals surface area (Å²) in [6.07, 6.45) is -2.41. The molecule has 1 aliphatic rings. The number of nitrogens with zero attached hydrogens (tertiary/aromatic N) is 4. The number of piperidine rings is 1. The van der Waals surface area contributed by atoms with Crippen molar-refractivity contribution in [2.24, 2.45) is 0 Å². The Balaban J connectivity index is 1.40. The number of hydrogen-bond acceptors (Lipinski definition) is 6. The Morgan fingerprint density at radius 1 is 1.17 bits per heavy atom. The minimum Gasteiger partial charge on any atom is -0.482 e. The van der Waals surface area contributed by atoms with Gasteiger partial charge in [-0.15, -0.1) is 0 Å². The molecule has 0 radical (unpaired) electrons. The lowest BCUT2D eigenvalue weighted by molar-refractivity contribution is -0.137. The number of rotatable bonds is 6. The van der Waals surface area contributed by atoms with E-state index >= 15 is 0 Å². The van der Waals surface area contributed by atoms with Gasteiger partial charge in [-0.3, -0.25) is 4.79 Å². The first-order chi connectivity index (χ1) is 17.0. The molecule has 0 aliphatic carbocycles. The topological polar surface area (TPSA) is 70.6 Å². The fourth-order valence-corrected chi connectivity index (χ4v) is 4.44. The van der Waals surface area contributed by atoms with Crippen LogP contribution in [0.1, 0.15) is 24.1 Å². The van der Waals surface area contributed by atoms with Crippen LogP contribution in [0.25, 0.3) is 10.9 Å². The standard InChI is InChI=1S/C25H27ClF3N5O2/c1-15-19-13-17(31-23(35)14-36-22-7-4-16(12-20(22)26)25(27,28)29)5-6-21(19)32-24(30-15)34-10-8-18(9-11-34)33(2)3/h4-7,12-13,18H,8-11,14H2,1-3H3,(H,31,35). The molecule has 1 fully saturated rings. The van der Waals surface area contributed by atoms with E-state index in [0.717, 1.165) is 60.7 Å². The zero-order valence-electron chi connectivity index (χ0n) is 20.2. The third kappa shape index (κ3) is 5.99. The number of nitrogens with one attached hydrogen (secondary N) is 1. The highest BCUT2D eigenvalue weighted by Gasteiger charge is 2.31. The van der Waals surface area contributed by atoms with Gasteiger partial charge in [0.2, 0.25) is 5.95 Å². The Morgan fingerprint density at radius 3 is 2.53 bits per heavy atom. The SMILES string of the molecule is Cc1nc(N2CCC(N(C)C)CC2)nc2ccc(NC(=O)COc3ccc(C(F)(F)F)cc3Cl)cc12. The lowest BCUT2D eigenvalue weighted by Crippen LogP contribution is -2.42. The minimum absolute atomic E-state index is 0.00952. The Bertz CT molecular complexity index is 1260. The molecule has 0 atom stereocenters. The summed E-state index contributed by atoms with van der Waals surface area (Å²) in [6.45, 7) is 3.28. The Kier molecular flexibility index (Phi) is 7.56. The summed E-state index contributed by atoms with van der Waals surface area (Å²) in [5.41, 5.74) is 1.21. The summed E-state index contributed by atoms with van der Waals surface area (Å²) < 4.78 is 43.6. The molecule has 7 nitrogen and oxygen atoms in total. The Morgan fingerprint density at radius 2 is 1.89 bits per heavy atom. The molecule has 36 heavy (non-hydrogen) atoms. The second-order valence-corrected chi connectivity index (χ2v) is 9.41. The molecular formula is C25H27ClF3N5O2. The van der Waals surface area contributed by atoms with Crippen molar-refractivity contribution in [3.63, 3.8) is 0 Å². The highest BCUT2D eigenvalue weighted by atomic mass is 35.5. The number of benzene rings is 2. The van der Waals surface area contributed by atoms with E-state index in [1.54, 1.807) is 12.1 Å². The predicted octanol–water partition coefficient (Wildman–Crippen LogP) is 5.16. The molecule has 11 heteroatoms. The van der Waals surface area contributed by atoms with Crippen LogP contribution < -0.4 is 15.0 Å². The van der Waals surface area contributed by atoms with Gasteiger partial charge >= 0.3 is 6.18 Å². The van der Waals surface area contributed by atoms with Gasteiger partial charge in [-0.1, -0.05) is 11.6 Å². The summed E-state index contributed by atoms with van der Waals surface area (Å²) in [7, 11) is 4.20. The van der Waals surface area contributed by atoms with Crippen molar-refractivity contribution < 1.29 is 22.7 Å². The first-order valence-electron chi connectivity index (χ1n) is 11.5. The summed E-state index contributed by atoms with van der Waals surface area (Å²) >= 11 is 5.88. The number of carbonyl (C=O) groups excluding carboxylic acids is 1. The number of fused-ring (bicyclic) bond motifs is 1. The molecule has 4 rings (SSSR count). The van der Waals surface area contributed by atoms with E-state index in [-0.39, 0.29) is 10.8 Å². The fraction of sp³-hybridized carbons (Fsp3) is 0.400. The first kappa shape index (κ1) is 26.0. The molecule has 0 spiro atoms. The molecular weight excluding hydrogens is 495 g/mol. The zero-order valence-corrected chi connectivity index (χ0v) is 21.0. The lowest BCUT2D eigenvalue weighted by atomic mass is 10.0. The number of ether oxygens (including phenoxy) is 1. The number of carbonyl (C=O) groups is 1. The smallest absolute Gasteiger partial charge is 0.416 e. The molecule has 3 aromatic rings. The van der Waals surface area contributed by atoms with Crippen molar-refractivity contribution in [1.29, 1.82) is 0 Å². The van der Waals surface area contributed by atoms with E-state index in [0.29, 0.717) is 17.7 Å². The average Bonchev–Trinajstić information content (AvgIpc) is 2.83. The number of alkyl halides is 3. The Hall–Kier alpha value is -3.11. The number of hydrogen-bond donors (Lipinski definition) is 1. The maximum atomic E-state index is 12.8. The van der Waals surface area contributed by atoms with Crippen LogP contribution >= 0.6 is 11.6 Å². The average molecular weight is 522 g/mol. The van der Waals surface area contributed by atoms with Crippen molar-refractivity contribution in [3.8, 4) is 5.75 Å². The maximum absolute atomic E-state index is 12.8. The molecule has 0 unspecified atom stereocenters. The van der Waals surface area contributed by atoms with Crippen LogP contribution in [-0.4, -0.2) is 60.6 Å². The van der Waals surface area contributed by atoms with Crippen molar-refractivity contribution in [2.45, 2.75) is 32.0 Å². The Labute approximate surface area is 212 Å². The second kappa shape index (κ2) is 10.5. The van der Waals surface area contributed by atoms with Gasteiger partial charge in [0.15, 0.2) is 6.61 Å². The van der Waals surface area contributed by atoms with Crippen molar-refractivity contribution in [3.05, 3.63) is 52.7 Å². The van der Waals surface area contributed by atoms with Crippen molar-refractivity contribution in [1.82, 2.24) is 14.9 Å². The largest absolute Gasteiger partial charge is 0.482 e. The van der Waals surface area contributed by atoms with E-state index in [1.807, 2.05) is 13.0 Å². The number of anilines is 2. The monoisotopic (exact) mass is 521 g/mol. The predicted molar refractivity (Wildman–Crippen MR) is 134 cm³/mol. The molecule has 1 saturated heterocycles. The van der Waals surface area contributed by atoms with Crippen LogP contribution in [0.4, 0.5) is 24.8 Å². The number of halogens is 4. The summed E-state index contributed by atoms with van der Waals surface area (Å²) in [6, 6.07) is 8.62. The van der Waals surface area contributed by atoms with Gasteiger partial charge in [-0.05, 0) is 70.3 Å². The van der Waals surface area contributed by atoms with Crippen LogP contribution in [0.2, 0.25) is 5.02 Å². The second-order valence-electron chi connectivity index (χ2n) is 9.00. The molecule has 1 amide bonds. The van der Waals surface area contributed by atoms with Crippen molar-refractivity contribution in [2.75, 3.05) is 44.0 Å². The normalized spacial score (nSPS) is 14.9. The summed E-state index contributed by atoms with van der Waals surface area (Å²) in [4.78, 5) is 26.3. The molecule has 2 aromatic carbocycles. The van der Waals surface area contributed by atoms with E-state index in [4.69, 9.17) is 26.3 Å². The zero-order chi connectivity index (χ0) is 26.0. The van der Waals surface area contributed by atoms with Gasteiger partial charge in [0.1, 0.15) is 5.75 Å². The van der Waals surface area contributed by atoms with Crippen molar-refractivity contribution >= 4 is 40.0 Å². The third-order valence-electron chi connectivity index (χ3n) is 6.25. The lowest BCUT2D eigenvalue weighted by Gasteiger charge is -2.35. The number of aromatic nitrogens is 2. The van der Waals surface area contributed by atoms with Gasteiger partial charge in [0, 0.05) is 30.2 Å². The third-order valence-corrected chi connectivity index (χ3v) is 6.55. The highest BCUT2D eigenvalue weighted by molar-refractivity contribution is 6.32. The number of aryl methyl sites for hydroxylation is 1. The number of amides is 1. The first-order valence-corrected chi connectivity index (χ1v) is 11.9. The molecule has 1 aromatic heterocycles. The molecule has 1 N–H and O–H groups in total. The fourth-order valence-electron chi connectivity index (χ4n) is 4.20. The van der Waals surface area contributed by atoms with E-state index in [1.165, 1.54) is 0 Å². The highest BCUT2D eigenvalue weighted by Crippen LogP contribution is 2.34. The van der Waals surface area contributed by atoms with Gasteiger partial charge in [-0.2, -0.15) is 13.2 Å². The van der Waals surface area contributed by atoms with E-state index in [2.05, 4.69) is 29.2 Å². The van der Waals surface area contributed by atoms with Crippen LogP contribution in [0.15, 0.2) is 36.4 Å². The van der Waals surface area contributed by atoms with E-state index in [9.17, 15) is 18.0 Å². The van der Waals surface area contributed by atoms with Crippen LogP contribution in [0.5, 0.6) is 5.75 Å². The van der Waals surface area contributed by atoms with Gasteiger partial charge in [-0.25, -0.2) is 9.97 Å². The van der Waals surface area contributed by atoms with Gasteiger partial charge in [0.25, 0.3) is 5.91 Å². The van der Waals surface area contributed by atoms with Gasteiger partial charge in [0.05, 0.1) is 21.8 Å². The molecule has 2 heterocycles. The maximum Gasteiger partial charge on any atom is 0.416 e. The minimum atomic E-state index is -4.51. The molecule has 192 valence electrons. The molecule has 0 bridgehead atoms. The summed E-state index contributed by atoms with van der Waals surface area (Å²) in [5, 5.41) is 3.31. The summed E-state index contributed by atoms with van der Waals surface area (Å²) in [5.74, 6) is 0.213. The van der Waals surface area contributed by atoms with E-state index < -0.39 is 24.3 Å². The quantitative estimate of drug-likeness (QED) is 0.483. The van der Waals surface area contributed by atoms with Crippen LogP contribution in [-0.2, 0) is 11.0 Å². The van der Waals surface area contributed by atoms with Crippen LogP contribution in [0, 0.1) is 6.92 Å². The molecule has 0 saturated carbocycles. The van der Waals surface area contributed by atoms with Crippen LogP contribution in [0.3, 0.4) is 0 Å². The molecule has 1 aliphatic heterocycles.